The quantitative estimate of drug-likeness (QED) is 0.908. The number of amides is 1. The molecule has 21 heavy (non-hydrogen) atoms. The van der Waals surface area contributed by atoms with Crippen LogP contribution in [0.2, 0.25) is 0 Å². The van der Waals surface area contributed by atoms with Crippen molar-refractivity contribution in [2.24, 2.45) is 5.92 Å². The number of hydrogen-bond donors (Lipinski definition) is 1. The number of aromatic nitrogens is 2. The molecule has 0 saturated carbocycles. The number of hydrogen-bond acceptors (Lipinski definition) is 3. The van der Waals surface area contributed by atoms with Gasteiger partial charge >= 0.3 is 0 Å². The van der Waals surface area contributed by atoms with Gasteiger partial charge in [-0.05, 0) is 49.9 Å². The van der Waals surface area contributed by atoms with Crippen LogP contribution in [0, 0.1) is 12.8 Å². The molecule has 2 aromatic heterocycles. The normalized spacial score (nSPS) is 28.0. The zero-order valence-electron chi connectivity index (χ0n) is 12.2. The Morgan fingerprint density at radius 2 is 2.29 bits per heavy atom. The van der Waals surface area contributed by atoms with Crippen LogP contribution in [0.1, 0.15) is 28.9 Å². The van der Waals surface area contributed by atoms with E-state index in [9.17, 15) is 4.79 Å². The molecular weight excluding hydrogens is 264 g/mol. The SMILES string of the molecule is Cc1cc2cc(C(=O)N[C@@H]3C[C@H]4CCN(C4)C3)ncn2c1. The van der Waals surface area contributed by atoms with Gasteiger partial charge in [-0.3, -0.25) is 4.79 Å². The van der Waals surface area contributed by atoms with E-state index in [2.05, 4.69) is 21.3 Å². The van der Waals surface area contributed by atoms with Crippen LogP contribution in [0.15, 0.2) is 24.7 Å². The van der Waals surface area contributed by atoms with Gasteiger partial charge in [-0.15, -0.1) is 0 Å². The minimum atomic E-state index is -0.0520. The summed E-state index contributed by atoms with van der Waals surface area (Å²) in [5.74, 6) is 0.705. The lowest BCUT2D eigenvalue weighted by atomic mass is 9.97. The van der Waals surface area contributed by atoms with Gasteiger partial charge in [0.15, 0.2) is 0 Å². The number of rotatable bonds is 2. The first-order valence-electron chi connectivity index (χ1n) is 7.65. The fourth-order valence-electron chi connectivity index (χ4n) is 3.70. The van der Waals surface area contributed by atoms with Crippen molar-refractivity contribution in [3.8, 4) is 0 Å². The second-order valence-electron chi connectivity index (χ2n) is 6.44. The molecular formula is C16H20N4O. The van der Waals surface area contributed by atoms with Crippen LogP contribution >= 0.6 is 0 Å². The van der Waals surface area contributed by atoms with Crippen LogP contribution in [0.25, 0.3) is 5.52 Å². The van der Waals surface area contributed by atoms with Crippen LogP contribution in [-0.2, 0) is 0 Å². The van der Waals surface area contributed by atoms with Crippen LogP contribution in [0.3, 0.4) is 0 Å². The number of piperidine rings is 1. The predicted octanol–water partition coefficient (Wildman–Crippen LogP) is 1.47. The first-order chi connectivity index (χ1) is 10.2. The van der Waals surface area contributed by atoms with Gasteiger partial charge in [0.05, 0.1) is 6.33 Å². The maximum absolute atomic E-state index is 12.4. The molecule has 1 unspecified atom stereocenters. The molecule has 3 atom stereocenters. The summed E-state index contributed by atoms with van der Waals surface area (Å²) in [5, 5.41) is 3.16. The van der Waals surface area contributed by atoms with E-state index in [4.69, 9.17) is 0 Å². The van der Waals surface area contributed by atoms with Gasteiger partial charge in [0.1, 0.15) is 5.69 Å². The molecule has 2 aliphatic rings. The summed E-state index contributed by atoms with van der Waals surface area (Å²) in [6, 6.07) is 4.19. The van der Waals surface area contributed by atoms with Crippen molar-refractivity contribution in [1.82, 2.24) is 19.6 Å². The summed E-state index contributed by atoms with van der Waals surface area (Å²) in [6.07, 6.45) is 6.11. The molecule has 2 bridgehead atoms. The smallest absolute Gasteiger partial charge is 0.270 e. The molecule has 1 amide bonds. The Morgan fingerprint density at radius 3 is 3.14 bits per heavy atom. The first-order valence-corrected chi connectivity index (χ1v) is 7.65. The summed E-state index contributed by atoms with van der Waals surface area (Å²) >= 11 is 0. The van der Waals surface area contributed by atoms with Crippen molar-refractivity contribution in [1.29, 1.82) is 0 Å². The van der Waals surface area contributed by atoms with Gasteiger partial charge in [0, 0.05) is 30.8 Å². The summed E-state index contributed by atoms with van der Waals surface area (Å²) in [4.78, 5) is 19.1. The van der Waals surface area contributed by atoms with Gasteiger partial charge in [-0.1, -0.05) is 0 Å². The van der Waals surface area contributed by atoms with Crippen LogP contribution in [-0.4, -0.2) is 45.9 Å². The minimum absolute atomic E-state index is 0.0520. The minimum Gasteiger partial charge on any atom is -0.347 e. The number of carbonyl (C=O) groups excluding carboxylic acids is 1. The fourth-order valence-corrected chi connectivity index (χ4v) is 3.70. The zero-order valence-corrected chi connectivity index (χ0v) is 12.2. The van der Waals surface area contributed by atoms with E-state index in [-0.39, 0.29) is 11.9 Å². The molecule has 2 saturated heterocycles. The number of carbonyl (C=O) groups is 1. The lowest BCUT2D eigenvalue weighted by Gasteiger charge is -2.30. The van der Waals surface area contributed by atoms with Crippen molar-refractivity contribution in [3.05, 3.63) is 35.9 Å². The van der Waals surface area contributed by atoms with E-state index in [1.54, 1.807) is 6.33 Å². The summed E-state index contributed by atoms with van der Waals surface area (Å²) in [6.45, 7) is 5.42. The molecule has 4 heterocycles. The molecule has 5 nitrogen and oxygen atoms in total. The van der Waals surface area contributed by atoms with Gasteiger partial charge in [0.2, 0.25) is 0 Å². The average molecular weight is 284 g/mol. The van der Waals surface area contributed by atoms with Crippen LogP contribution in [0.4, 0.5) is 0 Å². The molecule has 2 fully saturated rings. The summed E-state index contributed by atoms with van der Waals surface area (Å²) in [5.41, 5.74) is 2.69. The highest BCUT2D eigenvalue weighted by Crippen LogP contribution is 2.26. The number of aryl methyl sites for hydroxylation is 1. The molecule has 0 spiro atoms. The van der Waals surface area contributed by atoms with Crippen molar-refractivity contribution >= 4 is 11.4 Å². The molecule has 4 rings (SSSR count). The monoisotopic (exact) mass is 284 g/mol. The molecule has 110 valence electrons. The topological polar surface area (TPSA) is 49.6 Å². The van der Waals surface area contributed by atoms with E-state index < -0.39 is 0 Å². The summed E-state index contributed by atoms with van der Waals surface area (Å²) < 4.78 is 1.94. The van der Waals surface area contributed by atoms with Gasteiger partial charge in [0.25, 0.3) is 5.91 Å². The molecule has 0 aliphatic carbocycles. The Labute approximate surface area is 124 Å². The Kier molecular flexibility index (Phi) is 2.96. The third-order valence-electron chi connectivity index (χ3n) is 4.66. The van der Waals surface area contributed by atoms with Crippen LogP contribution < -0.4 is 5.32 Å². The number of nitrogens with zero attached hydrogens (tertiary/aromatic N) is 3. The Hall–Kier alpha value is -1.88. The second kappa shape index (κ2) is 4.84. The van der Waals surface area contributed by atoms with E-state index in [1.807, 2.05) is 23.6 Å². The zero-order chi connectivity index (χ0) is 14.4. The predicted molar refractivity (Wildman–Crippen MR) is 80.3 cm³/mol. The largest absolute Gasteiger partial charge is 0.347 e. The molecule has 5 heteroatoms. The van der Waals surface area contributed by atoms with Gasteiger partial charge < -0.3 is 14.6 Å². The third kappa shape index (κ3) is 2.42. The van der Waals surface area contributed by atoms with E-state index in [1.165, 1.54) is 25.1 Å². The Morgan fingerprint density at radius 1 is 1.38 bits per heavy atom. The maximum atomic E-state index is 12.4. The molecule has 2 aromatic rings. The van der Waals surface area contributed by atoms with Gasteiger partial charge in [-0.25, -0.2) is 4.98 Å². The van der Waals surface area contributed by atoms with Crippen molar-refractivity contribution < 1.29 is 4.79 Å². The maximum Gasteiger partial charge on any atom is 0.270 e. The summed E-state index contributed by atoms with van der Waals surface area (Å²) in [7, 11) is 0. The molecule has 0 aromatic carbocycles. The number of fused-ring (bicyclic) bond motifs is 3. The van der Waals surface area contributed by atoms with E-state index >= 15 is 0 Å². The molecule has 0 radical (unpaired) electrons. The van der Waals surface area contributed by atoms with E-state index in [0.717, 1.165) is 24.4 Å². The third-order valence-corrected chi connectivity index (χ3v) is 4.66. The number of nitrogens with one attached hydrogen (secondary N) is 1. The molecule has 1 N–H and O–H groups in total. The molecule has 2 aliphatic heterocycles. The standard InChI is InChI=1S/C16H20N4O/c1-11-4-14-6-15(17-10-20(14)7-11)16(21)18-13-5-12-2-3-19(8-12)9-13/h4,6-7,10,12-13H,2-3,5,8-9H2,1H3,(H,18,21)/t12-,13-/m1/s1. The van der Waals surface area contributed by atoms with Crippen molar-refractivity contribution in [3.63, 3.8) is 0 Å². The lowest BCUT2D eigenvalue weighted by molar-refractivity contribution is 0.0904. The average Bonchev–Trinajstić information content (AvgIpc) is 2.99. The van der Waals surface area contributed by atoms with Crippen LogP contribution in [0.5, 0.6) is 0 Å². The second-order valence-corrected chi connectivity index (χ2v) is 6.44. The lowest BCUT2D eigenvalue weighted by Crippen LogP contribution is -2.47. The van der Waals surface area contributed by atoms with E-state index in [0.29, 0.717) is 5.69 Å². The van der Waals surface area contributed by atoms with Gasteiger partial charge in [-0.2, -0.15) is 0 Å². The fraction of sp³-hybridized carbons (Fsp3) is 0.500. The highest BCUT2D eigenvalue weighted by Gasteiger charge is 2.33. The Bertz CT molecular complexity index is 681. The van der Waals surface area contributed by atoms with Crippen molar-refractivity contribution in [2.75, 3.05) is 19.6 Å². The highest BCUT2D eigenvalue weighted by atomic mass is 16.1. The Balaban J connectivity index is 1.50. The first kappa shape index (κ1) is 12.8. The van der Waals surface area contributed by atoms with Crippen molar-refractivity contribution in [2.45, 2.75) is 25.8 Å². The highest BCUT2D eigenvalue weighted by molar-refractivity contribution is 5.93.